The first kappa shape index (κ1) is 20.6. The summed E-state index contributed by atoms with van der Waals surface area (Å²) in [7, 11) is 0. The third-order valence-electron chi connectivity index (χ3n) is 6.24. The fourth-order valence-corrected chi connectivity index (χ4v) is 4.47. The molecule has 0 heterocycles. The number of hydrogen-bond acceptors (Lipinski definition) is 2. The summed E-state index contributed by atoms with van der Waals surface area (Å²) in [5.41, 5.74) is 0. The zero-order valence-electron chi connectivity index (χ0n) is 19.0. The van der Waals surface area contributed by atoms with Crippen molar-refractivity contribution in [3.05, 3.63) is 72.8 Å². The molecule has 2 heteroatoms. The van der Waals surface area contributed by atoms with E-state index in [1.807, 2.05) is 0 Å². The highest BCUT2D eigenvalue weighted by Crippen LogP contribution is 2.45. The first-order valence-corrected chi connectivity index (χ1v) is 11.9. The number of unbranched alkanes of at least 4 members (excludes halogenated alkanes) is 2. The maximum atomic E-state index is 6.50. The average molecular weight is 423 g/mol. The van der Waals surface area contributed by atoms with Crippen LogP contribution < -0.4 is 9.47 Å². The van der Waals surface area contributed by atoms with E-state index in [1.165, 1.54) is 21.5 Å². The topological polar surface area (TPSA) is 18.5 Å². The molecule has 0 radical (unpaired) electrons. The number of fused-ring (bicyclic) bond motifs is 4. The first-order valence-electron chi connectivity index (χ1n) is 11.9. The first-order chi connectivity index (χ1) is 15.8. The van der Waals surface area contributed by atoms with Crippen molar-refractivity contribution in [1.29, 1.82) is 0 Å². The number of ether oxygens (including phenoxy) is 2. The van der Waals surface area contributed by atoms with Gasteiger partial charge in [0, 0.05) is 21.5 Å². The molecule has 0 fully saturated rings. The van der Waals surface area contributed by atoms with Gasteiger partial charge in [0.1, 0.15) is 11.5 Å². The lowest BCUT2D eigenvalue weighted by Crippen LogP contribution is -2.02. The maximum Gasteiger partial charge on any atom is 0.135 e. The molecule has 5 aromatic rings. The summed E-state index contributed by atoms with van der Waals surface area (Å²) in [6.07, 6.45) is 4.30. The van der Waals surface area contributed by atoms with E-state index in [1.54, 1.807) is 0 Å². The summed E-state index contributed by atoms with van der Waals surface area (Å²) in [6, 6.07) is 26.2. The Balaban J connectivity index is 1.87. The van der Waals surface area contributed by atoms with Gasteiger partial charge in [0.2, 0.25) is 0 Å². The molecule has 0 atom stereocenters. The Hall–Kier alpha value is -3.26. The molecule has 0 unspecified atom stereocenters. The van der Waals surface area contributed by atoms with Crippen LogP contribution in [0.25, 0.3) is 43.1 Å². The lowest BCUT2D eigenvalue weighted by molar-refractivity contribution is 0.311. The largest absolute Gasteiger partial charge is 0.492 e. The third kappa shape index (κ3) is 3.75. The van der Waals surface area contributed by atoms with Crippen molar-refractivity contribution < 1.29 is 9.47 Å². The van der Waals surface area contributed by atoms with Crippen molar-refractivity contribution in [2.45, 2.75) is 39.5 Å². The molecular formula is C30H30O2. The van der Waals surface area contributed by atoms with Crippen LogP contribution >= 0.6 is 0 Å². The SMILES string of the molecule is CCCCOc1c2cc3ccccc3cc2c(OCCCC)c2cc3ccccc3cc12. The molecule has 0 bridgehead atoms. The summed E-state index contributed by atoms with van der Waals surface area (Å²) in [6.45, 7) is 5.84. The van der Waals surface area contributed by atoms with Gasteiger partial charge in [-0.3, -0.25) is 0 Å². The highest BCUT2D eigenvalue weighted by Gasteiger charge is 2.18. The van der Waals surface area contributed by atoms with Crippen LogP contribution in [0.2, 0.25) is 0 Å². The minimum atomic E-state index is 0.719. The minimum Gasteiger partial charge on any atom is -0.492 e. The summed E-state index contributed by atoms with van der Waals surface area (Å²) in [5.74, 6) is 1.95. The molecule has 0 N–H and O–H groups in total. The standard InChI is InChI=1S/C30H30O2/c1-3-5-15-31-29-25-17-21-11-7-9-13-23(21)19-27(25)30(32-16-6-4-2)28-20-24-14-10-8-12-22(24)18-26(28)29/h7-14,17-20H,3-6,15-16H2,1-2H3. The van der Waals surface area contributed by atoms with Gasteiger partial charge in [-0.1, -0.05) is 75.2 Å². The highest BCUT2D eigenvalue weighted by atomic mass is 16.5. The number of benzene rings is 5. The fraction of sp³-hybridized carbons (Fsp3) is 0.267. The van der Waals surface area contributed by atoms with Crippen LogP contribution in [0.5, 0.6) is 11.5 Å². The molecule has 162 valence electrons. The van der Waals surface area contributed by atoms with Gasteiger partial charge < -0.3 is 9.47 Å². The lowest BCUT2D eigenvalue weighted by Gasteiger charge is -2.19. The van der Waals surface area contributed by atoms with E-state index in [4.69, 9.17) is 9.47 Å². The smallest absolute Gasteiger partial charge is 0.135 e. The number of hydrogen-bond donors (Lipinski definition) is 0. The van der Waals surface area contributed by atoms with Crippen molar-refractivity contribution in [2.75, 3.05) is 13.2 Å². The van der Waals surface area contributed by atoms with Crippen LogP contribution in [0.15, 0.2) is 72.8 Å². The normalized spacial score (nSPS) is 11.6. The Morgan fingerprint density at radius 1 is 0.500 bits per heavy atom. The average Bonchev–Trinajstić information content (AvgIpc) is 2.83. The Bertz CT molecular complexity index is 1200. The van der Waals surface area contributed by atoms with Crippen LogP contribution in [0.3, 0.4) is 0 Å². The molecule has 2 nitrogen and oxygen atoms in total. The molecule has 32 heavy (non-hydrogen) atoms. The van der Waals surface area contributed by atoms with Crippen LogP contribution in [-0.4, -0.2) is 13.2 Å². The van der Waals surface area contributed by atoms with Gasteiger partial charge >= 0.3 is 0 Å². The molecule has 0 aliphatic carbocycles. The minimum absolute atomic E-state index is 0.719. The summed E-state index contributed by atoms with van der Waals surface area (Å²) < 4.78 is 13.0. The van der Waals surface area contributed by atoms with Crippen molar-refractivity contribution in [1.82, 2.24) is 0 Å². The Kier molecular flexibility index (Phi) is 5.85. The van der Waals surface area contributed by atoms with E-state index in [-0.39, 0.29) is 0 Å². The molecule has 5 aromatic carbocycles. The van der Waals surface area contributed by atoms with Gasteiger partial charge in [-0.25, -0.2) is 0 Å². The summed E-state index contributed by atoms with van der Waals surface area (Å²) >= 11 is 0. The Morgan fingerprint density at radius 3 is 1.09 bits per heavy atom. The second-order valence-corrected chi connectivity index (χ2v) is 8.55. The van der Waals surface area contributed by atoms with Gasteiger partial charge in [-0.2, -0.15) is 0 Å². The van der Waals surface area contributed by atoms with Gasteiger partial charge in [0.15, 0.2) is 0 Å². The van der Waals surface area contributed by atoms with E-state index in [9.17, 15) is 0 Å². The van der Waals surface area contributed by atoms with Gasteiger partial charge in [0.25, 0.3) is 0 Å². The van der Waals surface area contributed by atoms with E-state index >= 15 is 0 Å². The predicted octanol–water partition coefficient (Wildman–Crippen LogP) is 8.66. The molecule has 0 saturated carbocycles. The quantitative estimate of drug-likeness (QED) is 0.184. The van der Waals surface area contributed by atoms with E-state index in [0.29, 0.717) is 0 Å². The second-order valence-electron chi connectivity index (χ2n) is 8.55. The molecule has 0 aromatic heterocycles. The third-order valence-corrected chi connectivity index (χ3v) is 6.24. The molecule has 0 aliphatic rings. The van der Waals surface area contributed by atoms with E-state index < -0.39 is 0 Å². The fourth-order valence-electron chi connectivity index (χ4n) is 4.47. The van der Waals surface area contributed by atoms with E-state index in [2.05, 4.69) is 86.6 Å². The number of rotatable bonds is 8. The zero-order valence-corrected chi connectivity index (χ0v) is 19.0. The molecule has 0 aliphatic heterocycles. The monoisotopic (exact) mass is 422 g/mol. The summed E-state index contributed by atoms with van der Waals surface area (Å²) in [4.78, 5) is 0. The van der Waals surface area contributed by atoms with Crippen LogP contribution in [0.1, 0.15) is 39.5 Å². The summed E-state index contributed by atoms with van der Waals surface area (Å²) in [5, 5.41) is 9.42. The molecule has 0 spiro atoms. The van der Waals surface area contributed by atoms with Crippen LogP contribution in [-0.2, 0) is 0 Å². The molecule has 0 amide bonds. The van der Waals surface area contributed by atoms with Crippen molar-refractivity contribution in [3.63, 3.8) is 0 Å². The predicted molar refractivity (Wildman–Crippen MR) is 137 cm³/mol. The van der Waals surface area contributed by atoms with Gasteiger partial charge in [0.05, 0.1) is 13.2 Å². The van der Waals surface area contributed by atoms with Crippen molar-refractivity contribution >= 4 is 43.1 Å². The Morgan fingerprint density at radius 2 is 0.812 bits per heavy atom. The highest BCUT2D eigenvalue weighted by molar-refractivity contribution is 6.17. The van der Waals surface area contributed by atoms with Crippen molar-refractivity contribution in [3.8, 4) is 11.5 Å². The van der Waals surface area contributed by atoms with Crippen molar-refractivity contribution in [2.24, 2.45) is 0 Å². The van der Waals surface area contributed by atoms with Crippen LogP contribution in [0.4, 0.5) is 0 Å². The van der Waals surface area contributed by atoms with Gasteiger partial charge in [-0.05, 0) is 58.7 Å². The molecule has 0 saturated heterocycles. The van der Waals surface area contributed by atoms with Gasteiger partial charge in [-0.15, -0.1) is 0 Å². The lowest BCUT2D eigenvalue weighted by atomic mass is 9.95. The molecule has 5 rings (SSSR count). The van der Waals surface area contributed by atoms with E-state index in [0.717, 1.165) is 71.9 Å². The second kappa shape index (κ2) is 9.08. The Labute approximate surface area is 189 Å². The maximum absolute atomic E-state index is 6.50. The van der Waals surface area contributed by atoms with Crippen LogP contribution in [0, 0.1) is 0 Å². The zero-order chi connectivity index (χ0) is 21.9. The molecular weight excluding hydrogens is 392 g/mol.